The summed E-state index contributed by atoms with van der Waals surface area (Å²) in [5, 5.41) is -0.271. The Labute approximate surface area is 122 Å². The van der Waals surface area contributed by atoms with Crippen molar-refractivity contribution in [2.45, 2.75) is 31.2 Å². The highest BCUT2D eigenvalue weighted by Crippen LogP contribution is 2.32. The molecule has 0 aromatic carbocycles. The van der Waals surface area contributed by atoms with Crippen molar-refractivity contribution >= 4 is 32.5 Å². The summed E-state index contributed by atoms with van der Waals surface area (Å²) in [6, 6.07) is 1.78. The van der Waals surface area contributed by atoms with Crippen LogP contribution < -0.4 is 0 Å². The SMILES string of the molecule is CC(Cl)c1nc2cnccc2n1C1CCCS(=O)(=O)C1. The summed E-state index contributed by atoms with van der Waals surface area (Å²) in [5.41, 5.74) is 1.67. The molecule has 7 heteroatoms. The van der Waals surface area contributed by atoms with E-state index in [2.05, 4.69) is 9.97 Å². The number of halogens is 1. The van der Waals surface area contributed by atoms with E-state index in [1.54, 1.807) is 12.4 Å². The van der Waals surface area contributed by atoms with E-state index in [0.29, 0.717) is 6.42 Å². The Morgan fingerprint density at radius 3 is 3.00 bits per heavy atom. The van der Waals surface area contributed by atoms with Gasteiger partial charge in [0.1, 0.15) is 11.3 Å². The largest absolute Gasteiger partial charge is 0.322 e. The van der Waals surface area contributed by atoms with E-state index >= 15 is 0 Å². The molecule has 0 aliphatic carbocycles. The van der Waals surface area contributed by atoms with Crippen LogP contribution in [-0.2, 0) is 9.84 Å². The lowest BCUT2D eigenvalue weighted by atomic mass is 10.1. The summed E-state index contributed by atoms with van der Waals surface area (Å²) in [4.78, 5) is 8.57. The van der Waals surface area contributed by atoms with Crippen molar-refractivity contribution in [1.82, 2.24) is 14.5 Å². The molecule has 0 N–H and O–H groups in total. The number of hydrogen-bond acceptors (Lipinski definition) is 4. The number of hydrogen-bond donors (Lipinski definition) is 0. The maximum absolute atomic E-state index is 11.9. The van der Waals surface area contributed by atoms with Crippen LogP contribution >= 0.6 is 11.6 Å². The third-order valence-corrected chi connectivity index (χ3v) is 5.68. The standard InChI is InChI=1S/C13H16ClN3O2S/c1-9(14)13-16-11-7-15-5-4-12(11)17(13)10-3-2-6-20(18,19)8-10/h4-5,7,9-10H,2-3,6,8H2,1H3. The lowest BCUT2D eigenvalue weighted by Crippen LogP contribution is -2.28. The molecule has 2 unspecified atom stereocenters. The Morgan fingerprint density at radius 1 is 1.50 bits per heavy atom. The maximum atomic E-state index is 11.9. The number of rotatable bonds is 2. The molecule has 0 spiro atoms. The molecule has 1 aliphatic heterocycles. The number of nitrogens with zero attached hydrogens (tertiary/aromatic N) is 3. The van der Waals surface area contributed by atoms with Gasteiger partial charge in [-0.3, -0.25) is 4.98 Å². The van der Waals surface area contributed by atoms with E-state index < -0.39 is 9.84 Å². The van der Waals surface area contributed by atoms with E-state index in [-0.39, 0.29) is 22.9 Å². The third-order valence-electron chi connectivity index (χ3n) is 3.68. The van der Waals surface area contributed by atoms with E-state index in [0.717, 1.165) is 23.3 Å². The highest BCUT2D eigenvalue weighted by molar-refractivity contribution is 7.91. The molecule has 1 fully saturated rings. The van der Waals surface area contributed by atoms with Crippen LogP contribution in [-0.4, -0.2) is 34.5 Å². The average molecular weight is 314 g/mol. The molecule has 2 atom stereocenters. The van der Waals surface area contributed by atoms with Crippen molar-refractivity contribution in [2.75, 3.05) is 11.5 Å². The Morgan fingerprint density at radius 2 is 2.30 bits per heavy atom. The van der Waals surface area contributed by atoms with Crippen LogP contribution in [0.15, 0.2) is 18.5 Å². The lowest BCUT2D eigenvalue weighted by Gasteiger charge is -2.26. The van der Waals surface area contributed by atoms with Gasteiger partial charge in [0.05, 0.1) is 28.6 Å². The molecular weight excluding hydrogens is 298 g/mol. The van der Waals surface area contributed by atoms with Crippen LogP contribution in [0.25, 0.3) is 11.0 Å². The monoisotopic (exact) mass is 313 g/mol. The van der Waals surface area contributed by atoms with Gasteiger partial charge in [0.15, 0.2) is 9.84 Å². The van der Waals surface area contributed by atoms with Gasteiger partial charge in [-0.05, 0) is 25.8 Å². The molecular formula is C13H16ClN3O2S. The Bertz CT molecular complexity index is 739. The van der Waals surface area contributed by atoms with Crippen LogP contribution in [0, 0.1) is 0 Å². The summed E-state index contributed by atoms with van der Waals surface area (Å²) in [6.45, 7) is 1.85. The van der Waals surface area contributed by atoms with Crippen molar-refractivity contribution in [1.29, 1.82) is 0 Å². The normalized spacial score (nSPS) is 23.8. The van der Waals surface area contributed by atoms with Crippen molar-refractivity contribution in [3.05, 3.63) is 24.3 Å². The minimum Gasteiger partial charge on any atom is -0.322 e. The highest BCUT2D eigenvalue weighted by atomic mass is 35.5. The van der Waals surface area contributed by atoms with Gasteiger partial charge in [-0.25, -0.2) is 13.4 Å². The molecule has 0 saturated carbocycles. The predicted octanol–water partition coefficient (Wildman–Crippen LogP) is 2.48. The quantitative estimate of drug-likeness (QED) is 0.799. The smallest absolute Gasteiger partial charge is 0.152 e. The fraction of sp³-hybridized carbons (Fsp3) is 0.538. The first-order valence-corrected chi connectivity index (χ1v) is 8.90. The molecule has 20 heavy (non-hydrogen) atoms. The number of aromatic nitrogens is 3. The van der Waals surface area contributed by atoms with Gasteiger partial charge in [-0.1, -0.05) is 0 Å². The molecule has 5 nitrogen and oxygen atoms in total. The maximum Gasteiger partial charge on any atom is 0.152 e. The van der Waals surface area contributed by atoms with E-state index in [4.69, 9.17) is 11.6 Å². The fourth-order valence-corrected chi connectivity index (χ4v) is 4.67. The van der Waals surface area contributed by atoms with Gasteiger partial charge >= 0.3 is 0 Å². The van der Waals surface area contributed by atoms with Gasteiger partial charge in [-0.15, -0.1) is 11.6 Å². The second-order valence-electron chi connectivity index (χ2n) is 5.23. The fourth-order valence-electron chi connectivity index (χ4n) is 2.84. The first-order valence-electron chi connectivity index (χ1n) is 6.64. The molecule has 1 aliphatic rings. The van der Waals surface area contributed by atoms with Crippen LogP contribution in [0.2, 0.25) is 0 Å². The van der Waals surface area contributed by atoms with E-state index in [9.17, 15) is 8.42 Å². The number of pyridine rings is 1. The lowest BCUT2D eigenvalue weighted by molar-refractivity contribution is 0.466. The number of alkyl halides is 1. The highest BCUT2D eigenvalue weighted by Gasteiger charge is 2.29. The minimum atomic E-state index is -2.98. The van der Waals surface area contributed by atoms with E-state index in [1.807, 2.05) is 17.6 Å². The van der Waals surface area contributed by atoms with Gasteiger partial charge < -0.3 is 4.57 Å². The third kappa shape index (κ3) is 2.42. The topological polar surface area (TPSA) is 64.8 Å². The van der Waals surface area contributed by atoms with Crippen LogP contribution in [0.5, 0.6) is 0 Å². The molecule has 0 bridgehead atoms. The average Bonchev–Trinajstić information content (AvgIpc) is 2.77. The van der Waals surface area contributed by atoms with Crippen molar-refractivity contribution in [3.63, 3.8) is 0 Å². The van der Waals surface area contributed by atoms with Gasteiger partial charge in [0.2, 0.25) is 0 Å². The summed E-state index contributed by atoms with van der Waals surface area (Å²) >= 11 is 6.22. The van der Waals surface area contributed by atoms with Crippen molar-refractivity contribution < 1.29 is 8.42 Å². The van der Waals surface area contributed by atoms with Crippen molar-refractivity contribution in [3.8, 4) is 0 Å². The number of fused-ring (bicyclic) bond motifs is 1. The van der Waals surface area contributed by atoms with Gasteiger partial charge in [0, 0.05) is 12.2 Å². The van der Waals surface area contributed by atoms with Crippen LogP contribution in [0.3, 0.4) is 0 Å². The molecule has 2 aromatic heterocycles. The zero-order valence-electron chi connectivity index (χ0n) is 11.2. The molecule has 1 saturated heterocycles. The molecule has 2 aromatic rings. The minimum absolute atomic E-state index is 0.0858. The van der Waals surface area contributed by atoms with Crippen molar-refractivity contribution in [2.24, 2.45) is 0 Å². The van der Waals surface area contributed by atoms with E-state index in [1.165, 1.54) is 0 Å². The molecule has 0 radical (unpaired) electrons. The second kappa shape index (κ2) is 5.00. The zero-order valence-corrected chi connectivity index (χ0v) is 12.7. The summed E-state index contributed by atoms with van der Waals surface area (Å²) in [5.74, 6) is 1.16. The zero-order chi connectivity index (χ0) is 14.3. The molecule has 108 valence electrons. The first kappa shape index (κ1) is 13.8. The Hall–Kier alpha value is -1.14. The molecule has 3 rings (SSSR count). The predicted molar refractivity (Wildman–Crippen MR) is 78.7 cm³/mol. The summed E-state index contributed by atoms with van der Waals surface area (Å²) in [7, 11) is -2.98. The number of imidazole rings is 1. The van der Waals surface area contributed by atoms with Gasteiger partial charge in [0.25, 0.3) is 0 Å². The first-order chi connectivity index (χ1) is 9.48. The number of sulfone groups is 1. The van der Waals surface area contributed by atoms with Crippen LogP contribution in [0.4, 0.5) is 0 Å². The molecule has 0 amide bonds. The molecule has 3 heterocycles. The second-order valence-corrected chi connectivity index (χ2v) is 8.11. The Balaban J connectivity index is 2.16. The summed E-state index contributed by atoms with van der Waals surface area (Å²) in [6.07, 6.45) is 4.91. The summed E-state index contributed by atoms with van der Waals surface area (Å²) < 4.78 is 25.8. The van der Waals surface area contributed by atoms with Crippen LogP contribution in [0.1, 0.15) is 37.0 Å². The van der Waals surface area contributed by atoms with Gasteiger partial charge in [-0.2, -0.15) is 0 Å². The Kier molecular flexibility index (Phi) is 3.46.